The third-order valence-electron chi connectivity index (χ3n) is 13.3. The van der Waals surface area contributed by atoms with Crippen LogP contribution in [0.3, 0.4) is 0 Å². The van der Waals surface area contributed by atoms with Gasteiger partial charge < -0.3 is 14.2 Å². The van der Waals surface area contributed by atoms with E-state index in [1.54, 1.807) is 6.08 Å². The average molecular weight is 980 g/mol. The number of carbonyl (C=O) groups excluding carboxylic acids is 3. The predicted molar refractivity (Wildman–Crippen MR) is 302 cm³/mol. The molecule has 0 saturated carbocycles. The molecule has 70 heavy (non-hydrogen) atoms. The molecule has 0 fully saturated rings. The van der Waals surface area contributed by atoms with E-state index in [9.17, 15) is 14.4 Å². The molecule has 0 aromatic carbocycles. The third kappa shape index (κ3) is 56.0. The molecule has 0 saturated heterocycles. The predicted octanol–water partition coefficient (Wildman–Crippen LogP) is 20.4. The van der Waals surface area contributed by atoms with Gasteiger partial charge in [-0.05, 0) is 44.9 Å². The largest absolute Gasteiger partial charge is 0.462 e. The maximum absolute atomic E-state index is 12.7. The molecule has 0 rings (SSSR count). The highest BCUT2D eigenvalue weighted by atomic mass is 16.6. The van der Waals surface area contributed by atoms with E-state index in [1.165, 1.54) is 199 Å². The van der Waals surface area contributed by atoms with E-state index in [-0.39, 0.29) is 31.6 Å². The SMILES string of the molecule is CC/C=C\C/C=C\C/C=C\C/C=C\C/C=C\CC(=O)OC(COC(=O)CCCCCCCCC)COC(=O)CCCCCCCCCCCCCCCCCCCCCCCCCCCCCCCC. The van der Waals surface area contributed by atoms with Gasteiger partial charge in [0.1, 0.15) is 13.2 Å². The van der Waals surface area contributed by atoms with Crippen LogP contribution >= 0.6 is 0 Å². The molecule has 1 unspecified atom stereocenters. The van der Waals surface area contributed by atoms with Gasteiger partial charge >= 0.3 is 17.9 Å². The first-order chi connectivity index (χ1) is 34.5. The summed E-state index contributed by atoms with van der Waals surface area (Å²) in [6, 6.07) is 0. The van der Waals surface area contributed by atoms with Crippen LogP contribution in [0.2, 0.25) is 0 Å². The van der Waals surface area contributed by atoms with Crippen molar-refractivity contribution in [2.75, 3.05) is 13.2 Å². The zero-order valence-electron chi connectivity index (χ0n) is 46.5. The number of ether oxygens (including phenoxy) is 3. The van der Waals surface area contributed by atoms with Crippen molar-refractivity contribution in [2.45, 2.75) is 316 Å². The van der Waals surface area contributed by atoms with Crippen molar-refractivity contribution in [3.05, 3.63) is 60.8 Å². The first kappa shape index (κ1) is 67.1. The summed E-state index contributed by atoms with van der Waals surface area (Å²) in [5, 5.41) is 0. The molecule has 0 aromatic rings. The number of unbranched alkanes of at least 4 members (excludes halogenated alkanes) is 35. The standard InChI is InChI=1S/C64H114O6/c1-4-7-10-13-16-18-20-22-24-25-26-27-28-29-30-31-32-33-34-35-36-37-38-40-41-43-45-48-51-54-57-63(66)69-60-61(59-68-62(65)56-53-50-47-15-12-9-6-3)70-64(67)58-55-52-49-46-44-42-39-23-21-19-17-14-11-8-5-2/h8,11,17,19,23,39,44,46,52,55,61H,4-7,9-10,12-16,18,20-22,24-38,40-43,45,47-51,53-54,56-60H2,1-3H3/b11-8-,19-17-,39-23-,46-44-,55-52-. The van der Waals surface area contributed by atoms with E-state index in [0.717, 1.165) is 70.6 Å². The van der Waals surface area contributed by atoms with Gasteiger partial charge in [-0.1, -0.05) is 306 Å². The molecule has 0 spiro atoms. The fourth-order valence-electron chi connectivity index (χ4n) is 8.82. The molecule has 1 atom stereocenters. The highest BCUT2D eigenvalue weighted by Gasteiger charge is 2.19. The second-order valence-corrected chi connectivity index (χ2v) is 20.3. The highest BCUT2D eigenvalue weighted by Crippen LogP contribution is 2.17. The number of carbonyl (C=O) groups is 3. The van der Waals surface area contributed by atoms with Crippen LogP contribution in [-0.4, -0.2) is 37.2 Å². The summed E-state index contributed by atoms with van der Waals surface area (Å²) >= 11 is 0. The summed E-state index contributed by atoms with van der Waals surface area (Å²) < 4.78 is 16.7. The Morgan fingerprint density at radius 2 is 0.543 bits per heavy atom. The Labute approximate surface area is 434 Å². The normalized spacial score (nSPS) is 12.4. The van der Waals surface area contributed by atoms with Crippen molar-refractivity contribution in [3.63, 3.8) is 0 Å². The van der Waals surface area contributed by atoms with Crippen LogP contribution in [0.5, 0.6) is 0 Å². The summed E-state index contributed by atoms with van der Waals surface area (Å²) in [6.07, 6.45) is 74.4. The van der Waals surface area contributed by atoms with Gasteiger partial charge in [0, 0.05) is 12.8 Å². The Morgan fingerprint density at radius 3 is 0.814 bits per heavy atom. The lowest BCUT2D eigenvalue weighted by Crippen LogP contribution is -2.30. The van der Waals surface area contributed by atoms with Crippen LogP contribution in [0.15, 0.2) is 60.8 Å². The second kappa shape index (κ2) is 58.7. The minimum atomic E-state index is -0.824. The maximum Gasteiger partial charge on any atom is 0.310 e. The van der Waals surface area contributed by atoms with Crippen LogP contribution in [0.25, 0.3) is 0 Å². The smallest absolute Gasteiger partial charge is 0.310 e. The van der Waals surface area contributed by atoms with Crippen molar-refractivity contribution >= 4 is 17.9 Å². The Bertz CT molecular complexity index is 1260. The fraction of sp³-hybridized carbons (Fsp3) is 0.797. The van der Waals surface area contributed by atoms with E-state index in [4.69, 9.17) is 14.2 Å². The molecule has 406 valence electrons. The van der Waals surface area contributed by atoms with Crippen LogP contribution < -0.4 is 0 Å². The zero-order chi connectivity index (χ0) is 50.7. The molecule has 0 amide bonds. The van der Waals surface area contributed by atoms with Crippen molar-refractivity contribution in [1.82, 2.24) is 0 Å². The molecular formula is C64H114O6. The van der Waals surface area contributed by atoms with E-state index in [0.29, 0.717) is 12.8 Å². The summed E-state index contributed by atoms with van der Waals surface area (Å²) in [7, 11) is 0. The first-order valence-corrected chi connectivity index (χ1v) is 30.3. The Kier molecular flexibility index (Phi) is 56.3. The number of esters is 3. The Balaban J connectivity index is 4.06. The van der Waals surface area contributed by atoms with Gasteiger partial charge in [0.15, 0.2) is 6.10 Å². The minimum Gasteiger partial charge on any atom is -0.462 e. The van der Waals surface area contributed by atoms with Crippen LogP contribution in [0.4, 0.5) is 0 Å². The molecule has 6 heteroatoms. The van der Waals surface area contributed by atoms with Crippen LogP contribution in [-0.2, 0) is 28.6 Å². The van der Waals surface area contributed by atoms with E-state index in [2.05, 4.69) is 69.4 Å². The third-order valence-corrected chi connectivity index (χ3v) is 13.3. The number of allylic oxidation sites excluding steroid dienone is 9. The average Bonchev–Trinajstić information content (AvgIpc) is 3.36. The molecule has 0 aliphatic rings. The monoisotopic (exact) mass is 979 g/mol. The summed E-state index contributed by atoms with van der Waals surface area (Å²) in [4.78, 5) is 37.8. The van der Waals surface area contributed by atoms with Crippen LogP contribution in [0.1, 0.15) is 310 Å². The molecule has 0 aliphatic heterocycles. The molecular weight excluding hydrogens is 865 g/mol. The molecule has 0 N–H and O–H groups in total. The zero-order valence-corrected chi connectivity index (χ0v) is 46.5. The van der Waals surface area contributed by atoms with Crippen molar-refractivity contribution in [2.24, 2.45) is 0 Å². The Morgan fingerprint density at radius 1 is 0.300 bits per heavy atom. The van der Waals surface area contributed by atoms with Gasteiger partial charge in [-0.15, -0.1) is 0 Å². The minimum absolute atomic E-state index is 0.101. The van der Waals surface area contributed by atoms with E-state index < -0.39 is 12.1 Å². The lowest BCUT2D eigenvalue weighted by atomic mass is 10.0. The maximum atomic E-state index is 12.7. The summed E-state index contributed by atoms with van der Waals surface area (Å²) in [5.41, 5.74) is 0. The van der Waals surface area contributed by atoms with E-state index >= 15 is 0 Å². The van der Waals surface area contributed by atoms with Gasteiger partial charge in [-0.25, -0.2) is 0 Å². The van der Waals surface area contributed by atoms with Gasteiger partial charge in [-0.2, -0.15) is 0 Å². The molecule has 0 bridgehead atoms. The topological polar surface area (TPSA) is 78.9 Å². The second-order valence-electron chi connectivity index (χ2n) is 20.3. The van der Waals surface area contributed by atoms with Crippen molar-refractivity contribution in [1.29, 1.82) is 0 Å². The fourth-order valence-corrected chi connectivity index (χ4v) is 8.82. The lowest BCUT2D eigenvalue weighted by molar-refractivity contribution is -0.166. The van der Waals surface area contributed by atoms with Gasteiger partial charge in [0.2, 0.25) is 0 Å². The molecule has 6 nitrogen and oxygen atoms in total. The van der Waals surface area contributed by atoms with E-state index in [1.807, 2.05) is 6.08 Å². The summed E-state index contributed by atoms with van der Waals surface area (Å²) in [6.45, 7) is 6.43. The van der Waals surface area contributed by atoms with Gasteiger partial charge in [-0.3, -0.25) is 14.4 Å². The number of hydrogen-bond donors (Lipinski definition) is 0. The molecule has 0 heterocycles. The van der Waals surface area contributed by atoms with Gasteiger partial charge in [0.25, 0.3) is 0 Å². The quantitative estimate of drug-likeness (QED) is 0.0261. The van der Waals surface area contributed by atoms with Gasteiger partial charge in [0.05, 0.1) is 6.42 Å². The van der Waals surface area contributed by atoms with Crippen molar-refractivity contribution in [3.8, 4) is 0 Å². The lowest BCUT2D eigenvalue weighted by Gasteiger charge is -2.18. The first-order valence-electron chi connectivity index (χ1n) is 30.3. The highest BCUT2D eigenvalue weighted by molar-refractivity contribution is 5.72. The summed E-state index contributed by atoms with van der Waals surface area (Å²) in [5.74, 6) is -1.04. The molecule has 0 radical (unpaired) electrons. The Hall–Kier alpha value is -2.89. The number of rotatable bonds is 55. The molecule has 0 aromatic heterocycles. The van der Waals surface area contributed by atoms with Crippen molar-refractivity contribution < 1.29 is 28.6 Å². The molecule has 0 aliphatic carbocycles. The number of hydrogen-bond acceptors (Lipinski definition) is 6. The van der Waals surface area contributed by atoms with Crippen LogP contribution in [0, 0.1) is 0 Å².